The van der Waals surface area contributed by atoms with E-state index >= 15 is 0 Å². The van der Waals surface area contributed by atoms with Crippen LogP contribution in [0.5, 0.6) is 0 Å². The van der Waals surface area contributed by atoms with Gasteiger partial charge in [-0.2, -0.15) is 0 Å². The molecule has 0 spiro atoms. The van der Waals surface area contributed by atoms with Crippen LogP contribution in [0.1, 0.15) is 13.3 Å². The Balaban J connectivity index is 2.03. The van der Waals surface area contributed by atoms with Crippen molar-refractivity contribution >= 4 is 17.4 Å². The summed E-state index contributed by atoms with van der Waals surface area (Å²) in [5.74, 6) is 0.786. The van der Waals surface area contributed by atoms with E-state index in [2.05, 4.69) is 21.8 Å². The minimum Gasteiger partial charge on any atom is -0.377 e. The second kappa shape index (κ2) is 6.14. The third-order valence-electron chi connectivity index (χ3n) is 2.55. The van der Waals surface area contributed by atoms with Gasteiger partial charge < -0.3 is 14.4 Å². The lowest BCUT2D eigenvalue weighted by Crippen LogP contribution is -2.50. The summed E-state index contributed by atoms with van der Waals surface area (Å²) in [4.78, 5) is 10.1. The first-order valence-electron chi connectivity index (χ1n) is 5.72. The zero-order chi connectivity index (χ0) is 12.1. The molecule has 5 nitrogen and oxygen atoms in total. The second-order valence-corrected chi connectivity index (χ2v) is 4.22. The van der Waals surface area contributed by atoms with Gasteiger partial charge in [0.2, 0.25) is 5.28 Å². The molecule has 94 valence electrons. The third-order valence-corrected chi connectivity index (χ3v) is 2.73. The van der Waals surface area contributed by atoms with E-state index in [1.54, 1.807) is 6.20 Å². The molecule has 1 fully saturated rings. The van der Waals surface area contributed by atoms with Crippen LogP contribution in [0.15, 0.2) is 12.3 Å². The molecule has 1 aliphatic rings. The molecule has 1 aromatic heterocycles. The molecule has 6 heteroatoms. The van der Waals surface area contributed by atoms with E-state index < -0.39 is 0 Å². The van der Waals surface area contributed by atoms with Gasteiger partial charge >= 0.3 is 0 Å². The maximum Gasteiger partial charge on any atom is 0.224 e. The zero-order valence-electron chi connectivity index (χ0n) is 9.80. The van der Waals surface area contributed by atoms with Crippen molar-refractivity contribution in [3.8, 4) is 0 Å². The van der Waals surface area contributed by atoms with Gasteiger partial charge in [0.25, 0.3) is 0 Å². The Morgan fingerprint density at radius 3 is 3.00 bits per heavy atom. The predicted octanol–water partition coefficient (Wildman–Crippen LogP) is 1.72. The lowest BCUT2D eigenvalue weighted by atomic mass is 10.2. The first-order valence-corrected chi connectivity index (χ1v) is 6.09. The van der Waals surface area contributed by atoms with Crippen molar-refractivity contribution in [2.24, 2.45) is 0 Å². The van der Waals surface area contributed by atoms with Crippen molar-refractivity contribution in [3.63, 3.8) is 0 Å². The third kappa shape index (κ3) is 3.28. The molecular formula is C11H16ClN3O2. The average Bonchev–Trinajstić information content (AvgIpc) is 2.25. The zero-order valence-corrected chi connectivity index (χ0v) is 10.6. The summed E-state index contributed by atoms with van der Waals surface area (Å²) in [6.07, 6.45) is 2.65. The first-order chi connectivity index (χ1) is 8.31. The molecule has 0 aliphatic carbocycles. The minimum absolute atomic E-state index is 0.253. The fraction of sp³-hybridized carbons (Fsp3) is 0.636. The lowest BCUT2D eigenvalue weighted by Gasteiger charge is -2.37. The molecule has 1 aromatic rings. The van der Waals surface area contributed by atoms with Gasteiger partial charge in [-0.05, 0) is 24.1 Å². The van der Waals surface area contributed by atoms with Crippen LogP contribution in [0.2, 0.25) is 5.28 Å². The Hall–Kier alpha value is -0.910. The first kappa shape index (κ1) is 12.5. The maximum absolute atomic E-state index is 5.80. The lowest BCUT2D eigenvalue weighted by molar-refractivity contribution is -0.00537. The predicted molar refractivity (Wildman–Crippen MR) is 65.2 cm³/mol. The van der Waals surface area contributed by atoms with Crippen molar-refractivity contribution in [1.29, 1.82) is 0 Å². The molecule has 0 atom stereocenters. The quantitative estimate of drug-likeness (QED) is 0.441. The largest absolute Gasteiger partial charge is 0.377 e. The number of nitrogens with zero attached hydrogens (tertiary/aromatic N) is 3. The van der Waals surface area contributed by atoms with E-state index in [0.717, 1.165) is 18.8 Å². The van der Waals surface area contributed by atoms with Gasteiger partial charge in [0.1, 0.15) is 12.5 Å². The Bertz CT molecular complexity index is 360. The summed E-state index contributed by atoms with van der Waals surface area (Å²) >= 11 is 5.80. The van der Waals surface area contributed by atoms with Crippen LogP contribution in [0.3, 0.4) is 0 Å². The number of hydrogen-bond donors (Lipinski definition) is 0. The van der Waals surface area contributed by atoms with Crippen LogP contribution in [-0.4, -0.2) is 42.6 Å². The Morgan fingerprint density at radius 1 is 1.59 bits per heavy atom. The summed E-state index contributed by atoms with van der Waals surface area (Å²) in [7, 11) is 0. The Morgan fingerprint density at radius 2 is 2.41 bits per heavy atom. The van der Waals surface area contributed by atoms with E-state index in [9.17, 15) is 0 Å². The van der Waals surface area contributed by atoms with Crippen LogP contribution in [0.4, 0.5) is 5.82 Å². The summed E-state index contributed by atoms with van der Waals surface area (Å²) in [5.41, 5.74) is 0. The molecule has 0 N–H and O–H groups in total. The topological polar surface area (TPSA) is 47.5 Å². The normalized spacial score (nSPS) is 15.6. The van der Waals surface area contributed by atoms with Gasteiger partial charge in [-0.3, -0.25) is 0 Å². The highest BCUT2D eigenvalue weighted by molar-refractivity contribution is 6.28. The van der Waals surface area contributed by atoms with Crippen molar-refractivity contribution in [2.45, 2.75) is 19.4 Å². The second-order valence-electron chi connectivity index (χ2n) is 3.88. The van der Waals surface area contributed by atoms with Gasteiger partial charge in [-0.1, -0.05) is 6.92 Å². The van der Waals surface area contributed by atoms with Crippen LogP contribution >= 0.6 is 11.6 Å². The van der Waals surface area contributed by atoms with Gasteiger partial charge in [0.15, 0.2) is 0 Å². The standard InChI is InChI=1S/C11H16ClN3O2/c1-2-5-16-8-15(9-6-17-7-9)10-3-4-13-11(12)14-10/h3-4,9H,2,5-8H2,1H3. The summed E-state index contributed by atoms with van der Waals surface area (Å²) < 4.78 is 10.8. The number of aromatic nitrogens is 2. The smallest absolute Gasteiger partial charge is 0.224 e. The number of hydrogen-bond acceptors (Lipinski definition) is 5. The van der Waals surface area contributed by atoms with Gasteiger partial charge in [0, 0.05) is 12.8 Å². The Labute approximate surface area is 106 Å². The molecule has 0 amide bonds. The minimum atomic E-state index is 0.253. The van der Waals surface area contributed by atoms with Crippen molar-refractivity contribution < 1.29 is 9.47 Å². The van der Waals surface area contributed by atoms with E-state index in [1.807, 2.05) is 6.07 Å². The van der Waals surface area contributed by atoms with Crippen LogP contribution < -0.4 is 4.90 Å². The fourth-order valence-electron chi connectivity index (χ4n) is 1.56. The van der Waals surface area contributed by atoms with E-state index in [0.29, 0.717) is 26.0 Å². The van der Waals surface area contributed by atoms with Crippen molar-refractivity contribution in [2.75, 3.05) is 31.5 Å². The molecule has 1 saturated heterocycles. The molecule has 0 unspecified atom stereocenters. The van der Waals surface area contributed by atoms with Crippen molar-refractivity contribution in [3.05, 3.63) is 17.5 Å². The van der Waals surface area contributed by atoms with E-state index in [4.69, 9.17) is 21.1 Å². The van der Waals surface area contributed by atoms with Gasteiger partial charge in [-0.25, -0.2) is 9.97 Å². The summed E-state index contributed by atoms with van der Waals surface area (Å²) in [5, 5.41) is 0.253. The maximum atomic E-state index is 5.80. The average molecular weight is 258 g/mol. The number of ether oxygens (including phenoxy) is 2. The summed E-state index contributed by atoms with van der Waals surface area (Å²) in [6, 6.07) is 2.15. The highest BCUT2D eigenvalue weighted by Crippen LogP contribution is 2.19. The highest BCUT2D eigenvalue weighted by Gasteiger charge is 2.27. The molecule has 0 saturated carbocycles. The molecule has 2 rings (SSSR count). The van der Waals surface area contributed by atoms with Gasteiger partial charge in [-0.15, -0.1) is 0 Å². The fourth-order valence-corrected chi connectivity index (χ4v) is 1.70. The van der Waals surface area contributed by atoms with Crippen LogP contribution in [-0.2, 0) is 9.47 Å². The molecular weight excluding hydrogens is 242 g/mol. The molecule has 0 bridgehead atoms. The van der Waals surface area contributed by atoms with Crippen molar-refractivity contribution in [1.82, 2.24) is 9.97 Å². The molecule has 17 heavy (non-hydrogen) atoms. The molecule has 0 radical (unpaired) electrons. The van der Waals surface area contributed by atoms with Gasteiger partial charge in [0.05, 0.1) is 19.3 Å². The number of halogens is 1. The monoisotopic (exact) mass is 257 g/mol. The SMILES string of the molecule is CCCOCN(c1ccnc(Cl)n1)C1COC1. The molecule has 1 aliphatic heterocycles. The molecule has 2 heterocycles. The Kier molecular flexibility index (Phi) is 4.53. The highest BCUT2D eigenvalue weighted by atomic mass is 35.5. The number of rotatable bonds is 6. The number of anilines is 1. The van der Waals surface area contributed by atoms with E-state index in [-0.39, 0.29) is 5.28 Å². The van der Waals surface area contributed by atoms with Crippen LogP contribution in [0, 0.1) is 0 Å². The molecule has 0 aromatic carbocycles. The summed E-state index contributed by atoms with van der Waals surface area (Å²) in [6.45, 7) is 4.74. The van der Waals surface area contributed by atoms with E-state index in [1.165, 1.54) is 0 Å². The van der Waals surface area contributed by atoms with Crippen LogP contribution in [0.25, 0.3) is 0 Å².